The molecule has 0 aromatic heterocycles. The summed E-state index contributed by atoms with van der Waals surface area (Å²) in [7, 11) is 1.65. The first-order valence-electron chi connectivity index (χ1n) is 7.08. The van der Waals surface area contributed by atoms with Crippen LogP contribution in [0.2, 0.25) is 0 Å². The zero-order valence-electron chi connectivity index (χ0n) is 12.8. The van der Waals surface area contributed by atoms with E-state index in [4.69, 9.17) is 9.47 Å². The van der Waals surface area contributed by atoms with Crippen molar-refractivity contribution in [3.63, 3.8) is 0 Å². The summed E-state index contributed by atoms with van der Waals surface area (Å²) in [5.74, 6) is 1.08. The van der Waals surface area contributed by atoms with Crippen molar-refractivity contribution in [2.75, 3.05) is 13.7 Å². The van der Waals surface area contributed by atoms with Gasteiger partial charge in [-0.25, -0.2) is 0 Å². The fourth-order valence-electron chi connectivity index (χ4n) is 1.94. The predicted octanol–water partition coefficient (Wildman–Crippen LogP) is 2.76. The molecule has 0 spiro atoms. The van der Waals surface area contributed by atoms with Crippen molar-refractivity contribution in [1.82, 2.24) is 5.32 Å². The van der Waals surface area contributed by atoms with E-state index in [1.54, 1.807) is 7.11 Å². The monoisotopic (exact) mass is 279 g/mol. The molecule has 1 aromatic rings. The number of benzene rings is 1. The van der Waals surface area contributed by atoms with Crippen LogP contribution in [-0.4, -0.2) is 25.7 Å². The van der Waals surface area contributed by atoms with Gasteiger partial charge in [-0.05, 0) is 30.5 Å². The maximum absolute atomic E-state index is 11.6. The number of nitrogens with one attached hydrogen (secondary N) is 1. The Balaban J connectivity index is 2.51. The van der Waals surface area contributed by atoms with Gasteiger partial charge >= 0.3 is 5.97 Å². The summed E-state index contributed by atoms with van der Waals surface area (Å²) in [6.45, 7) is 7.19. The van der Waals surface area contributed by atoms with Gasteiger partial charge in [-0.15, -0.1) is 0 Å². The first-order valence-corrected chi connectivity index (χ1v) is 7.08. The quantitative estimate of drug-likeness (QED) is 0.743. The van der Waals surface area contributed by atoms with Crippen LogP contribution in [0.4, 0.5) is 0 Å². The predicted molar refractivity (Wildman–Crippen MR) is 79.7 cm³/mol. The molecule has 1 atom stereocenters. The lowest BCUT2D eigenvalue weighted by Gasteiger charge is -2.21. The smallest absolute Gasteiger partial charge is 0.307 e. The van der Waals surface area contributed by atoms with Gasteiger partial charge in [-0.2, -0.15) is 0 Å². The Bertz CT molecular complexity index is 401. The lowest BCUT2D eigenvalue weighted by Crippen LogP contribution is -2.35. The molecule has 0 aliphatic carbocycles. The molecule has 0 aliphatic heterocycles. The maximum atomic E-state index is 11.6. The van der Waals surface area contributed by atoms with Crippen LogP contribution in [0.5, 0.6) is 5.75 Å². The van der Waals surface area contributed by atoms with Crippen LogP contribution < -0.4 is 10.1 Å². The molecule has 112 valence electrons. The van der Waals surface area contributed by atoms with Crippen molar-refractivity contribution in [2.45, 2.75) is 39.8 Å². The number of methoxy groups -OCH3 is 1. The number of esters is 1. The molecule has 1 aromatic carbocycles. The van der Waals surface area contributed by atoms with Crippen molar-refractivity contribution in [2.24, 2.45) is 5.92 Å². The zero-order valence-corrected chi connectivity index (χ0v) is 12.8. The molecule has 4 nitrogen and oxygen atoms in total. The number of hydrogen-bond acceptors (Lipinski definition) is 4. The lowest BCUT2D eigenvalue weighted by atomic mass is 10.0. The van der Waals surface area contributed by atoms with Gasteiger partial charge in [-0.3, -0.25) is 4.79 Å². The molecule has 0 bridgehead atoms. The normalized spacial score (nSPS) is 12.2. The Morgan fingerprint density at radius 1 is 1.25 bits per heavy atom. The van der Waals surface area contributed by atoms with Crippen LogP contribution in [0.15, 0.2) is 24.3 Å². The van der Waals surface area contributed by atoms with Crippen LogP contribution in [0.3, 0.4) is 0 Å². The summed E-state index contributed by atoms with van der Waals surface area (Å²) in [6.07, 6.45) is 0.404. The van der Waals surface area contributed by atoms with Gasteiger partial charge < -0.3 is 14.8 Å². The Hall–Kier alpha value is -1.55. The molecule has 0 amide bonds. The Labute approximate surface area is 121 Å². The maximum Gasteiger partial charge on any atom is 0.307 e. The summed E-state index contributed by atoms with van der Waals surface area (Å²) in [6, 6.07) is 8.04. The number of carbonyl (C=O) groups is 1. The minimum absolute atomic E-state index is 0.121. The highest BCUT2D eigenvalue weighted by atomic mass is 16.5. The van der Waals surface area contributed by atoms with Crippen LogP contribution in [-0.2, 0) is 16.1 Å². The van der Waals surface area contributed by atoms with Crippen molar-refractivity contribution in [1.29, 1.82) is 0 Å². The second-order valence-electron chi connectivity index (χ2n) is 5.09. The molecule has 1 rings (SSSR count). The van der Waals surface area contributed by atoms with Crippen LogP contribution in [0.1, 0.15) is 32.8 Å². The minimum Gasteiger partial charge on any atom is -0.497 e. The van der Waals surface area contributed by atoms with Gasteiger partial charge in [0, 0.05) is 12.6 Å². The van der Waals surface area contributed by atoms with Gasteiger partial charge in [0.05, 0.1) is 20.1 Å². The molecule has 4 heteroatoms. The van der Waals surface area contributed by atoms with Crippen molar-refractivity contribution < 1.29 is 14.3 Å². The Morgan fingerprint density at radius 2 is 1.90 bits per heavy atom. The number of ether oxygens (including phenoxy) is 2. The van der Waals surface area contributed by atoms with E-state index >= 15 is 0 Å². The van der Waals surface area contributed by atoms with Gasteiger partial charge in [0.25, 0.3) is 0 Å². The highest BCUT2D eigenvalue weighted by Crippen LogP contribution is 2.13. The average molecular weight is 279 g/mol. The fourth-order valence-corrected chi connectivity index (χ4v) is 1.94. The van der Waals surface area contributed by atoms with Crippen LogP contribution >= 0.6 is 0 Å². The SMILES string of the molecule is CCOC(=O)CC(NCc1ccc(OC)cc1)C(C)C. The van der Waals surface area contributed by atoms with E-state index in [1.807, 2.05) is 31.2 Å². The van der Waals surface area contributed by atoms with Gasteiger partial charge in [0.15, 0.2) is 0 Å². The van der Waals surface area contributed by atoms with Crippen molar-refractivity contribution in [3.8, 4) is 5.75 Å². The van der Waals surface area contributed by atoms with E-state index in [0.717, 1.165) is 12.3 Å². The average Bonchev–Trinajstić information content (AvgIpc) is 2.44. The molecule has 0 radical (unpaired) electrons. The molecule has 1 N–H and O–H groups in total. The summed E-state index contributed by atoms with van der Waals surface area (Å²) in [5.41, 5.74) is 1.17. The third kappa shape index (κ3) is 5.61. The van der Waals surface area contributed by atoms with E-state index in [1.165, 1.54) is 5.56 Å². The number of rotatable bonds is 8. The second-order valence-corrected chi connectivity index (χ2v) is 5.09. The van der Waals surface area contributed by atoms with Crippen molar-refractivity contribution in [3.05, 3.63) is 29.8 Å². The molecule has 1 unspecified atom stereocenters. The molecule has 0 heterocycles. The Morgan fingerprint density at radius 3 is 2.40 bits per heavy atom. The molecular formula is C16H25NO3. The van der Waals surface area contributed by atoms with E-state index in [9.17, 15) is 4.79 Å². The first-order chi connectivity index (χ1) is 9.56. The highest BCUT2D eigenvalue weighted by molar-refractivity contribution is 5.70. The first kappa shape index (κ1) is 16.5. The third-order valence-corrected chi connectivity index (χ3v) is 3.22. The van der Waals surface area contributed by atoms with E-state index < -0.39 is 0 Å². The standard InChI is InChI=1S/C16H25NO3/c1-5-20-16(18)10-15(12(2)3)17-11-13-6-8-14(19-4)9-7-13/h6-9,12,15,17H,5,10-11H2,1-4H3. The van der Waals surface area contributed by atoms with E-state index in [2.05, 4.69) is 19.2 Å². The summed E-state index contributed by atoms with van der Waals surface area (Å²) in [4.78, 5) is 11.6. The zero-order chi connectivity index (χ0) is 15.0. The summed E-state index contributed by atoms with van der Waals surface area (Å²) in [5, 5.41) is 3.42. The molecule has 0 fully saturated rings. The third-order valence-electron chi connectivity index (χ3n) is 3.22. The van der Waals surface area contributed by atoms with Gasteiger partial charge in [0.1, 0.15) is 5.75 Å². The van der Waals surface area contributed by atoms with Crippen LogP contribution in [0, 0.1) is 5.92 Å². The summed E-state index contributed by atoms with van der Waals surface area (Å²) < 4.78 is 10.1. The largest absolute Gasteiger partial charge is 0.497 e. The van der Waals surface area contributed by atoms with Gasteiger partial charge in [0.2, 0.25) is 0 Å². The number of hydrogen-bond donors (Lipinski definition) is 1. The second kappa shape index (κ2) is 8.59. The van der Waals surface area contributed by atoms with Crippen molar-refractivity contribution >= 4 is 5.97 Å². The number of carbonyl (C=O) groups excluding carboxylic acids is 1. The summed E-state index contributed by atoms with van der Waals surface area (Å²) >= 11 is 0. The molecule has 0 aliphatic rings. The minimum atomic E-state index is -0.145. The molecule has 0 saturated heterocycles. The van der Waals surface area contributed by atoms with E-state index in [-0.39, 0.29) is 12.0 Å². The van der Waals surface area contributed by atoms with E-state index in [0.29, 0.717) is 18.9 Å². The molecular weight excluding hydrogens is 254 g/mol. The molecule has 0 saturated carbocycles. The molecule has 20 heavy (non-hydrogen) atoms. The lowest BCUT2D eigenvalue weighted by molar-refractivity contribution is -0.144. The topological polar surface area (TPSA) is 47.6 Å². The Kier molecular flexibility index (Phi) is 7.09. The van der Waals surface area contributed by atoms with Crippen LogP contribution in [0.25, 0.3) is 0 Å². The van der Waals surface area contributed by atoms with Gasteiger partial charge in [-0.1, -0.05) is 26.0 Å². The highest BCUT2D eigenvalue weighted by Gasteiger charge is 2.17. The fraction of sp³-hybridized carbons (Fsp3) is 0.562.